The molecule has 0 aromatic heterocycles. The lowest BCUT2D eigenvalue weighted by Gasteiger charge is -2.15. The Labute approximate surface area is 120 Å². The van der Waals surface area contributed by atoms with Crippen molar-refractivity contribution in [1.82, 2.24) is 0 Å². The maximum absolute atomic E-state index is 13.6. The number of anilines is 1. The van der Waals surface area contributed by atoms with E-state index in [2.05, 4.69) is 21.2 Å². The van der Waals surface area contributed by atoms with Gasteiger partial charge in [-0.25, -0.2) is 4.39 Å². The van der Waals surface area contributed by atoms with Gasteiger partial charge in [0, 0.05) is 16.6 Å². The normalized spacial score (nSPS) is 10.3. The van der Waals surface area contributed by atoms with Gasteiger partial charge in [0.25, 0.3) is 0 Å². The highest BCUT2D eigenvalue weighted by atomic mass is 79.9. The second-order valence-corrected chi connectivity index (χ2v) is 5.16. The molecule has 0 fully saturated rings. The van der Waals surface area contributed by atoms with Crippen LogP contribution in [-0.2, 0) is 6.54 Å². The van der Waals surface area contributed by atoms with Crippen LogP contribution in [0.1, 0.15) is 11.1 Å². The average Bonchev–Trinajstić information content (AvgIpc) is 2.38. The van der Waals surface area contributed by atoms with Crippen LogP contribution in [0.4, 0.5) is 10.1 Å². The second-order valence-electron chi connectivity index (χ2n) is 4.24. The molecule has 0 aliphatic heterocycles. The largest absolute Gasteiger partial charge is 0.495 e. The van der Waals surface area contributed by atoms with Crippen molar-refractivity contribution in [3.8, 4) is 5.75 Å². The molecule has 2 rings (SSSR count). The van der Waals surface area contributed by atoms with Gasteiger partial charge in [-0.3, -0.25) is 0 Å². The summed E-state index contributed by atoms with van der Waals surface area (Å²) in [4.78, 5) is 0. The van der Waals surface area contributed by atoms with Crippen molar-refractivity contribution in [3.63, 3.8) is 0 Å². The summed E-state index contributed by atoms with van der Waals surface area (Å²) < 4.78 is 19.9. The second kappa shape index (κ2) is 6.06. The van der Waals surface area contributed by atoms with E-state index in [4.69, 9.17) is 4.74 Å². The van der Waals surface area contributed by atoms with Crippen LogP contribution in [0.2, 0.25) is 0 Å². The molecule has 0 aliphatic rings. The molecule has 19 heavy (non-hydrogen) atoms. The van der Waals surface area contributed by atoms with E-state index in [1.165, 1.54) is 6.07 Å². The quantitative estimate of drug-likeness (QED) is 0.893. The molecule has 0 spiro atoms. The summed E-state index contributed by atoms with van der Waals surface area (Å²) in [6.07, 6.45) is 0. The maximum atomic E-state index is 13.6. The van der Waals surface area contributed by atoms with Gasteiger partial charge in [-0.15, -0.1) is 0 Å². The summed E-state index contributed by atoms with van der Waals surface area (Å²) in [5.74, 6) is 0.534. The molecule has 1 N–H and O–H groups in total. The van der Waals surface area contributed by atoms with Crippen molar-refractivity contribution < 1.29 is 9.13 Å². The van der Waals surface area contributed by atoms with Crippen molar-refractivity contribution in [3.05, 3.63) is 57.8 Å². The Kier molecular flexibility index (Phi) is 4.43. The van der Waals surface area contributed by atoms with Gasteiger partial charge in [0.15, 0.2) is 0 Å². The molecule has 4 heteroatoms. The number of hydrogen-bond acceptors (Lipinski definition) is 2. The summed E-state index contributed by atoms with van der Waals surface area (Å²) in [6.45, 7) is 2.41. The Hall–Kier alpha value is -1.55. The lowest BCUT2D eigenvalue weighted by Crippen LogP contribution is -2.04. The van der Waals surface area contributed by atoms with Crippen LogP contribution >= 0.6 is 15.9 Å². The molecule has 0 bridgehead atoms. The van der Waals surface area contributed by atoms with E-state index >= 15 is 0 Å². The first-order chi connectivity index (χ1) is 9.11. The molecule has 2 aromatic rings. The number of halogens is 2. The van der Waals surface area contributed by atoms with Crippen LogP contribution in [0.3, 0.4) is 0 Å². The lowest BCUT2D eigenvalue weighted by atomic mass is 10.1. The van der Waals surface area contributed by atoms with E-state index in [9.17, 15) is 4.39 Å². The maximum Gasteiger partial charge on any atom is 0.143 e. The number of benzene rings is 2. The van der Waals surface area contributed by atoms with Crippen LogP contribution in [-0.4, -0.2) is 7.11 Å². The molecule has 100 valence electrons. The lowest BCUT2D eigenvalue weighted by molar-refractivity contribution is 0.416. The van der Waals surface area contributed by atoms with Gasteiger partial charge in [0.05, 0.1) is 12.8 Å². The van der Waals surface area contributed by atoms with Crippen LogP contribution in [0.5, 0.6) is 5.75 Å². The number of rotatable bonds is 4. The highest BCUT2D eigenvalue weighted by Crippen LogP contribution is 2.32. The standard InChI is InChI=1S/C15H15BrFNO/c1-10-7-12(16)8-14(19-2)15(10)18-9-11-5-3-4-6-13(11)17/h3-8,18H,9H2,1-2H3. The third kappa shape index (κ3) is 3.26. The Morgan fingerprint density at radius 2 is 2.00 bits per heavy atom. The summed E-state index contributed by atoms with van der Waals surface area (Å²) in [5.41, 5.74) is 2.56. The van der Waals surface area contributed by atoms with E-state index in [-0.39, 0.29) is 5.82 Å². The number of nitrogens with one attached hydrogen (secondary N) is 1. The number of hydrogen-bond donors (Lipinski definition) is 1. The zero-order chi connectivity index (χ0) is 13.8. The first kappa shape index (κ1) is 13.9. The van der Waals surface area contributed by atoms with Gasteiger partial charge in [0.1, 0.15) is 11.6 Å². The zero-order valence-electron chi connectivity index (χ0n) is 10.8. The summed E-state index contributed by atoms with van der Waals surface area (Å²) >= 11 is 3.43. The van der Waals surface area contributed by atoms with Gasteiger partial charge in [-0.2, -0.15) is 0 Å². The molecule has 0 saturated heterocycles. The minimum Gasteiger partial charge on any atom is -0.495 e. The van der Waals surface area contributed by atoms with Crippen molar-refractivity contribution >= 4 is 21.6 Å². The van der Waals surface area contributed by atoms with Gasteiger partial charge < -0.3 is 10.1 Å². The molecule has 0 unspecified atom stereocenters. The molecule has 2 aromatic carbocycles. The fourth-order valence-corrected chi connectivity index (χ4v) is 2.48. The van der Waals surface area contributed by atoms with Gasteiger partial charge >= 0.3 is 0 Å². The van der Waals surface area contributed by atoms with Crippen molar-refractivity contribution in [2.24, 2.45) is 0 Å². The minimum absolute atomic E-state index is 0.205. The first-order valence-electron chi connectivity index (χ1n) is 5.93. The number of aryl methyl sites for hydroxylation is 1. The smallest absolute Gasteiger partial charge is 0.143 e. The van der Waals surface area contributed by atoms with Crippen molar-refractivity contribution in [2.75, 3.05) is 12.4 Å². The van der Waals surface area contributed by atoms with E-state index < -0.39 is 0 Å². The van der Waals surface area contributed by atoms with Crippen LogP contribution in [0, 0.1) is 12.7 Å². The Morgan fingerprint density at radius 3 is 2.68 bits per heavy atom. The third-order valence-electron chi connectivity index (χ3n) is 2.90. The highest BCUT2D eigenvalue weighted by molar-refractivity contribution is 9.10. The molecule has 2 nitrogen and oxygen atoms in total. The van der Waals surface area contributed by atoms with Gasteiger partial charge in [-0.1, -0.05) is 34.1 Å². The van der Waals surface area contributed by atoms with E-state index in [1.807, 2.05) is 25.1 Å². The predicted octanol–water partition coefficient (Wildman–Crippen LogP) is 4.52. The molecule has 0 atom stereocenters. The molecule has 0 amide bonds. The molecular formula is C15H15BrFNO. The minimum atomic E-state index is -0.205. The van der Waals surface area contributed by atoms with E-state index in [1.54, 1.807) is 19.2 Å². The summed E-state index contributed by atoms with van der Waals surface area (Å²) in [6, 6.07) is 10.6. The third-order valence-corrected chi connectivity index (χ3v) is 3.36. The fourth-order valence-electron chi connectivity index (χ4n) is 1.93. The van der Waals surface area contributed by atoms with E-state index in [0.29, 0.717) is 12.1 Å². The van der Waals surface area contributed by atoms with Crippen LogP contribution < -0.4 is 10.1 Å². The molecule has 0 aliphatic carbocycles. The number of methoxy groups -OCH3 is 1. The van der Waals surface area contributed by atoms with E-state index in [0.717, 1.165) is 21.5 Å². The molecule has 0 saturated carbocycles. The Morgan fingerprint density at radius 1 is 1.26 bits per heavy atom. The Balaban J connectivity index is 2.22. The Bertz CT molecular complexity index is 586. The predicted molar refractivity (Wildman–Crippen MR) is 79.2 cm³/mol. The van der Waals surface area contributed by atoms with Gasteiger partial charge in [0.2, 0.25) is 0 Å². The fraction of sp³-hybridized carbons (Fsp3) is 0.200. The van der Waals surface area contributed by atoms with Crippen LogP contribution in [0.15, 0.2) is 40.9 Å². The van der Waals surface area contributed by atoms with Crippen molar-refractivity contribution in [2.45, 2.75) is 13.5 Å². The molecule has 0 heterocycles. The SMILES string of the molecule is COc1cc(Br)cc(C)c1NCc1ccccc1F. The topological polar surface area (TPSA) is 21.3 Å². The monoisotopic (exact) mass is 323 g/mol. The summed E-state index contributed by atoms with van der Waals surface area (Å²) in [5, 5.41) is 3.23. The highest BCUT2D eigenvalue weighted by Gasteiger charge is 2.09. The summed E-state index contributed by atoms with van der Waals surface area (Å²) in [7, 11) is 1.62. The first-order valence-corrected chi connectivity index (χ1v) is 6.72. The molecular weight excluding hydrogens is 309 g/mol. The van der Waals surface area contributed by atoms with Crippen LogP contribution in [0.25, 0.3) is 0 Å². The molecule has 0 radical (unpaired) electrons. The zero-order valence-corrected chi connectivity index (χ0v) is 12.4. The number of ether oxygens (including phenoxy) is 1. The average molecular weight is 324 g/mol. The van der Waals surface area contributed by atoms with Gasteiger partial charge in [-0.05, 0) is 30.7 Å². The van der Waals surface area contributed by atoms with Crippen molar-refractivity contribution in [1.29, 1.82) is 0 Å².